The van der Waals surface area contributed by atoms with Gasteiger partial charge in [-0.25, -0.2) is 17.9 Å². The van der Waals surface area contributed by atoms with Gasteiger partial charge in [0.1, 0.15) is 18.4 Å². The van der Waals surface area contributed by atoms with Crippen LogP contribution in [0, 0.1) is 0 Å². The molecule has 1 aromatic heterocycles. The molecule has 2 fully saturated rings. The summed E-state index contributed by atoms with van der Waals surface area (Å²) < 4.78 is 25.4. The van der Waals surface area contributed by atoms with Crippen LogP contribution in [0.15, 0.2) is 30.6 Å². The van der Waals surface area contributed by atoms with Crippen molar-refractivity contribution in [2.24, 2.45) is 0 Å². The number of urea groups is 1. The quantitative estimate of drug-likeness (QED) is 0.519. The van der Waals surface area contributed by atoms with E-state index in [-0.39, 0.29) is 11.5 Å². The second kappa shape index (κ2) is 9.12. The minimum absolute atomic E-state index is 0.0341. The fraction of sp³-hybridized carbons (Fsp3) is 0.524. The number of carbonyl (C=O) groups excluding carboxylic acids is 3. The highest BCUT2D eigenvalue weighted by atomic mass is 32.2. The van der Waals surface area contributed by atoms with E-state index in [0.717, 1.165) is 11.3 Å². The molecule has 0 bridgehead atoms. The number of benzene rings is 1. The van der Waals surface area contributed by atoms with Crippen LogP contribution in [0.4, 0.5) is 4.79 Å². The lowest BCUT2D eigenvalue weighted by atomic mass is 9.91. The molecule has 13 heteroatoms. The molecule has 4 amide bonds. The Morgan fingerprint density at radius 3 is 2.76 bits per heavy atom. The summed E-state index contributed by atoms with van der Waals surface area (Å²) in [5.41, 5.74) is -0.265. The average molecular weight is 490 g/mol. The summed E-state index contributed by atoms with van der Waals surface area (Å²) in [6.07, 6.45) is 3.29. The smallest absolute Gasteiger partial charge is 0.325 e. The Bertz CT molecular complexity index is 1200. The molecule has 12 nitrogen and oxygen atoms in total. The molecule has 2 aromatic rings. The number of tetrazole rings is 1. The largest absolute Gasteiger partial charge is 0.337 e. The molecule has 2 saturated heterocycles. The van der Waals surface area contributed by atoms with E-state index >= 15 is 0 Å². The van der Waals surface area contributed by atoms with E-state index in [2.05, 4.69) is 20.8 Å². The van der Waals surface area contributed by atoms with Crippen LogP contribution >= 0.6 is 0 Å². The second-order valence-electron chi connectivity index (χ2n) is 8.75. The minimum atomic E-state index is -3.19. The minimum Gasteiger partial charge on any atom is -0.337 e. The highest BCUT2D eigenvalue weighted by Gasteiger charge is 2.50. The van der Waals surface area contributed by atoms with Crippen LogP contribution in [0.2, 0.25) is 0 Å². The maximum atomic E-state index is 13.4. The van der Waals surface area contributed by atoms with E-state index < -0.39 is 45.8 Å². The lowest BCUT2D eigenvalue weighted by molar-refractivity contribution is -0.140. The van der Waals surface area contributed by atoms with E-state index in [1.54, 1.807) is 31.2 Å². The lowest BCUT2D eigenvalue weighted by Crippen LogP contribution is -2.48. The molecule has 2 aliphatic rings. The molecule has 34 heavy (non-hydrogen) atoms. The molecule has 0 unspecified atom stereocenters. The van der Waals surface area contributed by atoms with E-state index in [1.807, 2.05) is 6.92 Å². The Morgan fingerprint density at radius 1 is 1.32 bits per heavy atom. The van der Waals surface area contributed by atoms with E-state index in [4.69, 9.17) is 0 Å². The predicted octanol–water partition coefficient (Wildman–Crippen LogP) is 0.245. The fourth-order valence-corrected chi connectivity index (χ4v) is 6.09. The molecule has 2 atom stereocenters. The molecule has 2 aliphatic heterocycles. The fourth-order valence-electron chi connectivity index (χ4n) is 4.36. The monoisotopic (exact) mass is 489 g/mol. The maximum absolute atomic E-state index is 13.4. The highest BCUT2D eigenvalue weighted by Crippen LogP contribution is 2.30. The summed E-state index contributed by atoms with van der Waals surface area (Å²) in [5, 5.41) is 13.7. The van der Waals surface area contributed by atoms with Gasteiger partial charge in [-0.2, -0.15) is 0 Å². The third-order valence-corrected chi connectivity index (χ3v) is 8.08. The number of hydrogen-bond donors (Lipinski definition) is 1. The van der Waals surface area contributed by atoms with Crippen molar-refractivity contribution in [2.45, 2.75) is 44.7 Å². The van der Waals surface area contributed by atoms with Crippen LogP contribution in [0.5, 0.6) is 0 Å². The summed E-state index contributed by atoms with van der Waals surface area (Å²) in [6.45, 7) is 3.48. The van der Waals surface area contributed by atoms with Gasteiger partial charge in [-0.3, -0.25) is 14.5 Å². The van der Waals surface area contributed by atoms with Crippen molar-refractivity contribution in [3.63, 3.8) is 0 Å². The number of hydrogen-bond acceptors (Lipinski definition) is 8. The number of sulfone groups is 1. The third-order valence-electron chi connectivity index (χ3n) is 6.33. The van der Waals surface area contributed by atoms with Crippen molar-refractivity contribution in [3.8, 4) is 5.69 Å². The van der Waals surface area contributed by atoms with Crippen LogP contribution in [-0.4, -0.2) is 86.9 Å². The standard InChI is InChI=1S/C21H27N7O5S/c1-3-4-9-26(17-8-10-34(32,33)13-17)18(29)12-27-19(30)21(2,23-20(27)31)15-6-5-7-16(11-15)28-14-22-24-25-28/h5-7,11,14,17H,3-4,8-10,12-13H2,1-2H3,(H,23,31)/t17-,21+/m0/s1. The molecule has 1 N–H and O–H groups in total. The average Bonchev–Trinajstić information content (AvgIpc) is 3.51. The zero-order valence-corrected chi connectivity index (χ0v) is 19.9. The number of nitrogens with one attached hydrogen (secondary N) is 1. The van der Waals surface area contributed by atoms with Gasteiger partial charge in [0, 0.05) is 12.6 Å². The van der Waals surface area contributed by atoms with Gasteiger partial charge >= 0.3 is 6.03 Å². The van der Waals surface area contributed by atoms with E-state index in [0.29, 0.717) is 30.6 Å². The first kappa shape index (κ1) is 23.8. The molecule has 3 heterocycles. The molecule has 182 valence electrons. The summed E-state index contributed by atoms with van der Waals surface area (Å²) in [4.78, 5) is 41.7. The highest BCUT2D eigenvalue weighted by molar-refractivity contribution is 7.91. The van der Waals surface area contributed by atoms with Crippen molar-refractivity contribution in [1.82, 2.24) is 35.3 Å². The predicted molar refractivity (Wildman–Crippen MR) is 120 cm³/mol. The maximum Gasteiger partial charge on any atom is 0.325 e. The molecule has 0 spiro atoms. The number of nitrogens with zero attached hydrogens (tertiary/aromatic N) is 6. The first-order valence-electron chi connectivity index (χ1n) is 11.1. The van der Waals surface area contributed by atoms with Crippen LogP contribution in [0.1, 0.15) is 38.7 Å². The second-order valence-corrected chi connectivity index (χ2v) is 11.0. The first-order valence-corrected chi connectivity index (χ1v) is 12.9. The molecule has 4 rings (SSSR count). The number of amides is 4. The summed E-state index contributed by atoms with van der Waals surface area (Å²) in [6, 6.07) is 5.75. The number of unbranched alkanes of at least 4 members (excludes halogenated alkanes) is 1. The van der Waals surface area contributed by atoms with Gasteiger partial charge in [0.15, 0.2) is 9.84 Å². The number of aromatic nitrogens is 4. The summed E-state index contributed by atoms with van der Waals surface area (Å²) in [7, 11) is -3.19. The molecule has 0 radical (unpaired) electrons. The molecule has 1 aromatic carbocycles. The lowest BCUT2D eigenvalue weighted by Gasteiger charge is -2.30. The number of imide groups is 1. The summed E-state index contributed by atoms with van der Waals surface area (Å²) >= 11 is 0. The van der Waals surface area contributed by atoms with E-state index in [9.17, 15) is 22.8 Å². The number of rotatable bonds is 8. The molecular weight excluding hydrogens is 462 g/mol. The van der Waals surface area contributed by atoms with Crippen LogP contribution < -0.4 is 5.32 Å². The molecule has 0 aliphatic carbocycles. The normalized spacial score (nSPS) is 23.8. The molecule has 0 saturated carbocycles. The van der Waals surface area contributed by atoms with Crippen molar-refractivity contribution < 1.29 is 22.8 Å². The Kier molecular flexibility index (Phi) is 6.39. The van der Waals surface area contributed by atoms with Crippen molar-refractivity contribution in [3.05, 3.63) is 36.2 Å². The Balaban J connectivity index is 1.54. The van der Waals surface area contributed by atoms with Gasteiger partial charge in [0.2, 0.25) is 5.91 Å². The van der Waals surface area contributed by atoms with Gasteiger partial charge in [0.25, 0.3) is 5.91 Å². The van der Waals surface area contributed by atoms with Crippen LogP contribution in [0.25, 0.3) is 5.69 Å². The Hall–Kier alpha value is -3.35. The Labute approximate surface area is 197 Å². The molecular formula is C21H27N7O5S. The van der Waals surface area contributed by atoms with Gasteiger partial charge in [-0.05, 0) is 47.9 Å². The Morgan fingerprint density at radius 2 is 2.12 bits per heavy atom. The van der Waals surface area contributed by atoms with Crippen molar-refractivity contribution in [1.29, 1.82) is 0 Å². The SMILES string of the molecule is CCCCN(C(=O)CN1C(=O)N[C@](C)(c2cccc(-n3cnnn3)c2)C1=O)[C@H]1CCS(=O)(=O)C1. The zero-order valence-electron chi connectivity index (χ0n) is 19.0. The van der Waals surface area contributed by atoms with E-state index in [1.165, 1.54) is 15.9 Å². The van der Waals surface area contributed by atoms with Crippen LogP contribution in [-0.2, 0) is 25.0 Å². The van der Waals surface area contributed by atoms with Crippen LogP contribution in [0.3, 0.4) is 0 Å². The zero-order chi connectivity index (χ0) is 24.5. The van der Waals surface area contributed by atoms with Crippen molar-refractivity contribution >= 4 is 27.7 Å². The van der Waals surface area contributed by atoms with Gasteiger partial charge in [-0.15, -0.1) is 5.10 Å². The summed E-state index contributed by atoms with van der Waals surface area (Å²) in [5.74, 6) is -1.06. The first-order chi connectivity index (χ1) is 16.1. The van der Waals surface area contributed by atoms with Gasteiger partial charge < -0.3 is 10.2 Å². The van der Waals surface area contributed by atoms with Gasteiger partial charge in [-0.1, -0.05) is 25.5 Å². The topological polar surface area (TPSA) is 147 Å². The van der Waals surface area contributed by atoms with Crippen molar-refractivity contribution in [2.75, 3.05) is 24.6 Å². The third kappa shape index (κ3) is 4.52. The van der Waals surface area contributed by atoms with Gasteiger partial charge in [0.05, 0.1) is 17.2 Å². The number of carbonyl (C=O) groups is 3.